The second-order valence-corrected chi connectivity index (χ2v) is 8.42. The molecule has 0 fully saturated rings. The Bertz CT molecular complexity index is 1050. The summed E-state index contributed by atoms with van der Waals surface area (Å²) in [6.07, 6.45) is -1.16. The minimum absolute atomic E-state index is 0.0485. The summed E-state index contributed by atoms with van der Waals surface area (Å²) in [4.78, 5) is 4.15. The molecule has 0 aliphatic rings. The molecule has 0 aliphatic heterocycles. The molecule has 1 unspecified atom stereocenters. The normalized spacial score (nSPS) is 12.8. The van der Waals surface area contributed by atoms with Gasteiger partial charge in [0.15, 0.2) is 5.13 Å². The molecule has 0 bridgehead atoms. The fourth-order valence-electron chi connectivity index (χ4n) is 2.35. The van der Waals surface area contributed by atoms with Gasteiger partial charge < -0.3 is 5.11 Å². The van der Waals surface area contributed by atoms with Crippen molar-refractivity contribution >= 4 is 38.1 Å². The molecule has 2 aromatic carbocycles. The highest BCUT2D eigenvalue weighted by atomic mass is 35.5. The topological polar surface area (TPSA) is 79.3 Å². The molecule has 136 valence electrons. The van der Waals surface area contributed by atoms with Gasteiger partial charge in [-0.1, -0.05) is 29.8 Å². The van der Waals surface area contributed by atoms with Crippen molar-refractivity contribution in [3.05, 3.63) is 75.5 Å². The van der Waals surface area contributed by atoms with E-state index in [4.69, 9.17) is 11.6 Å². The van der Waals surface area contributed by atoms with Crippen LogP contribution < -0.4 is 4.72 Å². The van der Waals surface area contributed by atoms with Gasteiger partial charge in [0.2, 0.25) is 0 Å². The first-order chi connectivity index (χ1) is 12.3. The van der Waals surface area contributed by atoms with Crippen LogP contribution in [0.1, 0.15) is 22.9 Å². The monoisotopic (exact) mass is 412 g/mol. The van der Waals surface area contributed by atoms with E-state index in [0.29, 0.717) is 16.1 Å². The van der Waals surface area contributed by atoms with E-state index in [-0.39, 0.29) is 15.7 Å². The van der Waals surface area contributed by atoms with Gasteiger partial charge in [-0.2, -0.15) is 0 Å². The van der Waals surface area contributed by atoms with Crippen LogP contribution in [0.2, 0.25) is 5.02 Å². The van der Waals surface area contributed by atoms with Gasteiger partial charge in [0.05, 0.1) is 10.6 Å². The highest BCUT2D eigenvalue weighted by molar-refractivity contribution is 7.93. The number of aliphatic hydroxyl groups is 1. The lowest BCUT2D eigenvalue weighted by Gasteiger charge is -2.10. The Morgan fingerprint density at radius 2 is 2.00 bits per heavy atom. The lowest BCUT2D eigenvalue weighted by atomic mass is 10.1. The van der Waals surface area contributed by atoms with Crippen LogP contribution in [0, 0.1) is 12.7 Å². The first-order valence-corrected chi connectivity index (χ1v) is 10.2. The van der Waals surface area contributed by atoms with Crippen molar-refractivity contribution in [2.75, 3.05) is 4.72 Å². The summed E-state index contributed by atoms with van der Waals surface area (Å²) >= 11 is 7.00. The predicted octanol–water partition coefficient (Wildman–Crippen LogP) is 4.13. The fourth-order valence-corrected chi connectivity index (χ4v) is 4.84. The lowest BCUT2D eigenvalue weighted by molar-refractivity contribution is 0.215. The number of anilines is 1. The second kappa shape index (κ2) is 7.32. The van der Waals surface area contributed by atoms with Gasteiger partial charge in [0.25, 0.3) is 10.0 Å². The van der Waals surface area contributed by atoms with E-state index >= 15 is 0 Å². The smallest absolute Gasteiger partial charge is 0.263 e. The fraction of sp³-hybridized carbons (Fsp3) is 0.118. The molecule has 0 aliphatic carbocycles. The van der Waals surface area contributed by atoms with Crippen LogP contribution in [0.5, 0.6) is 0 Å². The molecular weight excluding hydrogens is 399 g/mol. The van der Waals surface area contributed by atoms with Crippen LogP contribution in [0.25, 0.3) is 0 Å². The number of nitrogens with zero attached hydrogens (tertiary/aromatic N) is 1. The molecule has 26 heavy (non-hydrogen) atoms. The number of sulfonamides is 1. The molecule has 1 heterocycles. The lowest BCUT2D eigenvalue weighted by Crippen LogP contribution is -2.14. The molecule has 2 N–H and O–H groups in total. The van der Waals surface area contributed by atoms with Crippen molar-refractivity contribution in [2.45, 2.75) is 17.9 Å². The second-order valence-electron chi connectivity index (χ2n) is 5.50. The van der Waals surface area contributed by atoms with Crippen LogP contribution in [0.3, 0.4) is 0 Å². The van der Waals surface area contributed by atoms with Crippen molar-refractivity contribution < 1.29 is 17.9 Å². The first kappa shape index (κ1) is 18.8. The Balaban J connectivity index is 1.85. The maximum Gasteiger partial charge on any atom is 0.263 e. The van der Waals surface area contributed by atoms with E-state index in [0.717, 1.165) is 11.3 Å². The Morgan fingerprint density at radius 1 is 1.27 bits per heavy atom. The van der Waals surface area contributed by atoms with E-state index in [2.05, 4.69) is 9.71 Å². The van der Waals surface area contributed by atoms with Crippen molar-refractivity contribution in [3.8, 4) is 0 Å². The van der Waals surface area contributed by atoms with E-state index in [1.165, 1.54) is 29.6 Å². The number of rotatable bonds is 5. The summed E-state index contributed by atoms with van der Waals surface area (Å²) in [7, 11) is -3.88. The molecular formula is C17H14ClFN2O3S2. The van der Waals surface area contributed by atoms with Gasteiger partial charge in [-0.3, -0.25) is 4.72 Å². The summed E-state index contributed by atoms with van der Waals surface area (Å²) < 4.78 is 40.8. The van der Waals surface area contributed by atoms with Crippen LogP contribution in [0.15, 0.2) is 52.7 Å². The maximum absolute atomic E-state index is 13.3. The van der Waals surface area contributed by atoms with Crippen LogP contribution in [-0.4, -0.2) is 18.5 Å². The standard InChI is InChI=1S/C17H14ClFN2O3S2/c1-10-13(18)6-3-7-15(10)26(23,24)21-17-20-14(9-25-17)16(22)11-4-2-5-12(19)8-11/h2-9,16,22H,1H3,(H,20,21). The van der Waals surface area contributed by atoms with Crippen molar-refractivity contribution in [1.29, 1.82) is 0 Å². The van der Waals surface area contributed by atoms with E-state index in [9.17, 15) is 17.9 Å². The Labute approximate surface area is 159 Å². The zero-order valence-electron chi connectivity index (χ0n) is 13.5. The van der Waals surface area contributed by atoms with E-state index in [1.807, 2.05) is 0 Å². The third-order valence-electron chi connectivity index (χ3n) is 3.70. The SMILES string of the molecule is Cc1c(Cl)cccc1S(=O)(=O)Nc1nc(C(O)c2cccc(F)c2)cs1. The molecule has 0 saturated heterocycles. The Hall–Kier alpha value is -2.00. The van der Waals surface area contributed by atoms with Crippen molar-refractivity contribution in [3.63, 3.8) is 0 Å². The van der Waals surface area contributed by atoms with Gasteiger partial charge in [-0.25, -0.2) is 17.8 Å². The Morgan fingerprint density at radius 3 is 2.73 bits per heavy atom. The average Bonchev–Trinajstić information content (AvgIpc) is 3.04. The zero-order chi connectivity index (χ0) is 18.9. The van der Waals surface area contributed by atoms with Gasteiger partial charge in [0, 0.05) is 10.4 Å². The molecule has 1 aromatic heterocycles. The highest BCUT2D eigenvalue weighted by Crippen LogP contribution is 2.29. The number of benzene rings is 2. The quantitative estimate of drug-likeness (QED) is 0.660. The summed E-state index contributed by atoms with van der Waals surface area (Å²) in [5, 5.41) is 12.3. The third-order valence-corrected chi connectivity index (χ3v) is 6.49. The van der Waals surface area contributed by atoms with Crippen LogP contribution >= 0.6 is 22.9 Å². The van der Waals surface area contributed by atoms with Crippen LogP contribution in [-0.2, 0) is 10.0 Å². The molecule has 3 rings (SSSR count). The van der Waals surface area contributed by atoms with E-state index in [1.54, 1.807) is 25.1 Å². The molecule has 1 atom stereocenters. The number of thiazole rings is 1. The number of hydrogen-bond donors (Lipinski definition) is 2. The molecule has 9 heteroatoms. The number of halogens is 2. The summed E-state index contributed by atoms with van der Waals surface area (Å²) in [6, 6.07) is 10.1. The summed E-state index contributed by atoms with van der Waals surface area (Å²) in [5.74, 6) is -0.478. The third kappa shape index (κ3) is 3.88. The average molecular weight is 413 g/mol. The molecule has 3 aromatic rings. The Kier molecular flexibility index (Phi) is 5.29. The van der Waals surface area contributed by atoms with Gasteiger partial charge in [-0.05, 0) is 42.3 Å². The number of aliphatic hydroxyl groups excluding tert-OH is 1. The van der Waals surface area contributed by atoms with Gasteiger partial charge in [0.1, 0.15) is 11.9 Å². The maximum atomic E-state index is 13.3. The van der Waals surface area contributed by atoms with Crippen LogP contribution in [0.4, 0.5) is 9.52 Å². The summed E-state index contributed by atoms with van der Waals surface area (Å²) in [6.45, 7) is 1.61. The van der Waals surface area contributed by atoms with E-state index < -0.39 is 21.9 Å². The van der Waals surface area contributed by atoms with Crippen molar-refractivity contribution in [2.24, 2.45) is 0 Å². The molecule has 0 saturated carbocycles. The molecule has 0 spiro atoms. The molecule has 5 nitrogen and oxygen atoms in total. The first-order valence-electron chi connectivity index (χ1n) is 7.45. The molecule has 0 radical (unpaired) electrons. The van der Waals surface area contributed by atoms with Gasteiger partial charge >= 0.3 is 0 Å². The van der Waals surface area contributed by atoms with Crippen molar-refractivity contribution in [1.82, 2.24) is 4.98 Å². The van der Waals surface area contributed by atoms with Gasteiger partial charge in [-0.15, -0.1) is 11.3 Å². The summed E-state index contributed by atoms with van der Waals surface area (Å²) in [5.41, 5.74) is 0.981. The number of hydrogen-bond acceptors (Lipinski definition) is 5. The highest BCUT2D eigenvalue weighted by Gasteiger charge is 2.21. The minimum Gasteiger partial charge on any atom is -0.382 e. The molecule has 0 amide bonds. The number of nitrogens with one attached hydrogen (secondary N) is 1. The zero-order valence-corrected chi connectivity index (χ0v) is 15.9. The predicted molar refractivity (Wildman–Crippen MR) is 99.6 cm³/mol. The number of aromatic nitrogens is 1. The largest absolute Gasteiger partial charge is 0.382 e. The minimum atomic E-state index is -3.88.